The molecule has 0 bridgehead atoms. The summed E-state index contributed by atoms with van der Waals surface area (Å²) in [6.07, 6.45) is -0.259. The summed E-state index contributed by atoms with van der Waals surface area (Å²) in [5, 5.41) is 12.0. The average molecular weight is 455 g/mol. The number of hydrogen-bond acceptors (Lipinski definition) is 7. The fraction of sp³-hybridized carbons (Fsp3) is 0.391. The number of hydrogen-bond donors (Lipinski definition) is 0. The molecular formula is C23H26N4O4S. The molecule has 0 radical (unpaired) electrons. The first-order chi connectivity index (χ1) is 15.2. The van der Waals surface area contributed by atoms with Gasteiger partial charge >= 0.3 is 6.09 Å². The second-order valence-electron chi connectivity index (χ2n) is 8.84. The highest BCUT2D eigenvalue weighted by Crippen LogP contribution is 2.35. The van der Waals surface area contributed by atoms with Crippen molar-refractivity contribution >= 4 is 33.3 Å². The number of amides is 1. The predicted molar refractivity (Wildman–Crippen MR) is 125 cm³/mol. The molecule has 4 rings (SSSR count). The van der Waals surface area contributed by atoms with Gasteiger partial charge in [0.15, 0.2) is 0 Å². The smallest absolute Gasteiger partial charge is 0.410 e. The van der Waals surface area contributed by atoms with Crippen molar-refractivity contribution in [2.45, 2.75) is 32.9 Å². The lowest BCUT2D eigenvalue weighted by atomic mass is 10.2. The normalized spacial score (nSPS) is 15.2. The van der Waals surface area contributed by atoms with Crippen molar-refractivity contribution in [3.05, 3.63) is 58.1 Å². The number of benzene rings is 2. The van der Waals surface area contributed by atoms with E-state index in [-0.39, 0.29) is 16.7 Å². The summed E-state index contributed by atoms with van der Waals surface area (Å²) in [5.41, 5.74) is 2.10. The number of aromatic nitrogens is 1. The lowest BCUT2D eigenvalue weighted by Gasteiger charge is -2.35. The number of nitro benzene ring substituents is 1. The SMILES string of the molecule is CC(C)(C)OC(=O)N1CCN(Cc2ccc3nc(-c4ccccc4[N+](=O)[O-])sc3c2)CC1. The Morgan fingerprint density at radius 2 is 1.88 bits per heavy atom. The number of carbonyl (C=O) groups is 1. The van der Waals surface area contributed by atoms with Crippen LogP contribution in [0.15, 0.2) is 42.5 Å². The molecule has 32 heavy (non-hydrogen) atoms. The van der Waals surface area contributed by atoms with Crippen LogP contribution < -0.4 is 0 Å². The van der Waals surface area contributed by atoms with Gasteiger partial charge in [0, 0.05) is 38.8 Å². The number of ether oxygens (including phenoxy) is 1. The molecule has 1 aliphatic rings. The molecule has 0 unspecified atom stereocenters. The first-order valence-electron chi connectivity index (χ1n) is 10.5. The summed E-state index contributed by atoms with van der Waals surface area (Å²) in [7, 11) is 0. The molecule has 0 spiro atoms. The van der Waals surface area contributed by atoms with E-state index >= 15 is 0 Å². The summed E-state index contributed by atoms with van der Waals surface area (Å²) in [6.45, 7) is 9.23. The second-order valence-corrected chi connectivity index (χ2v) is 9.87. The Bertz CT molecular complexity index is 1150. The van der Waals surface area contributed by atoms with Gasteiger partial charge in [-0.05, 0) is 44.5 Å². The lowest BCUT2D eigenvalue weighted by molar-refractivity contribution is -0.384. The van der Waals surface area contributed by atoms with Crippen LogP contribution in [0, 0.1) is 10.1 Å². The van der Waals surface area contributed by atoms with Crippen LogP contribution in [0.2, 0.25) is 0 Å². The fourth-order valence-corrected chi connectivity index (χ4v) is 4.73. The summed E-state index contributed by atoms with van der Waals surface area (Å²) in [5.74, 6) is 0. The maximum Gasteiger partial charge on any atom is 0.410 e. The summed E-state index contributed by atoms with van der Waals surface area (Å²) in [4.78, 5) is 31.9. The number of piperazine rings is 1. The Balaban J connectivity index is 1.44. The Morgan fingerprint density at radius 1 is 1.16 bits per heavy atom. The van der Waals surface area contributed by atoms with Crippen LogP contribution in [0.5, 0.6) is 0 Å². The highest BCUT2D eigenvalue weighted by molar-refractivity contribution is 7.21. The predicted octanol–water partition coefficient (Wildman–Crippen LogP) is 4.92. The maximum atomic E-state index is 12.2. The first kappa shape index (κ1) is 22.2. The van der Waals surface area contributed by atoms with Gasteiger partial charge in [-0.15, -0.1) is 11.3 Å². The Hall–Kier alpha value is -3.04. The Kier molecular flexibility index (Phi) is 6.12. The largest absolute Gasteiger partial charge is 0.444 e. The quantitative estimate of drug-likeness (QED) is 0.410. The molecule has 1 amide bonds. The minimum Gasteiger partial charge on any atom is -0.444 e. The van der Waals surface area contributed by atoms with E-state index in [1.807, 2.05) is 32.9 Å². The third-order valence-electron chi connectivity index (χ3n) is 5.21. The minimum atomic E-state index is -0.489. The van der Waals surface area contributed by atoms with Crippen molar-refractivity contribution in [3.63, 3.8) is 0 Å². The van der Waals surface area contributed by atoms with Gasteiger partial charge in [0.2, 0.25) is 0 Å². The molecule has 2 aromatic carbocycles. The number of nitro groups is 1. The van der Waals surface area contributed by atoms with Crippen LogP contribution in [-0.2, 0) is 11.3 Å². The number of carbonyl (C=O) groups excluding carboxylic acids is 1. The molecule has 1 fully saturated rings. The summed E-state index contributed by atoms with van der Waals surface area (Å²) in [6, 6.07) is 12.8. The number of fused-ring (bicyclic) bond motifs is 1. The third kappa shape index (κ3) is 5.05. The third-order valence-corrected chi connectivity index (χ3v) is 6.27. The van der Waals surface area contributed by atoms with Crippen molar-refractivity contribution in [2.24, 2.45) is 0 Å². The van der Waals surface area contributed by atoms with E-state index in [1.54, 1.807) is 23.1 Å². The number of rotatable bonds is 4. The zero-order valence-corrected chi connectivity index (χ0v) is 19.2. The van der Waals surface area contributed by atoms with E-state index in [4.69, 9.17) is 4.74 Å². The van der Waals surface area contributed by atoms with E-state index in [2.05, 4.69) is 16.0 Å². The molecule has 0 saturated carbocycles. The van der Waals surface area contributed by atoms with Crippen molar-refractivity contribution in [1.82, 2.24) is 14.8 Å². The Labute approximate surface area is 190 Å². The average Bonchev–Trinajstić information content (AvgIpc) is 3.16. The van der Waals surface area contributed by atoms with Crippen molar-refractivity contribution in [2.75, 3.05) is 26.2 Å². The molecule has 8 nitrogen and oxygen atoms in total. The van der Waals surface area contributed by atoms with Crippen molar-refractivity contribution < 1.29 is 14.5 Å². The number of thiazole rings is 1. The number of para-hydroxylation sites is 1. The molecule has 168 valence electrons. The van der Waals surface area contributed by atoms with Crippen LogP contribution in [0.25, 0.3) is 20.8 Å². The molecule has 2 heterocycles. The standard InChI is InChI=1S/C23H26N4O4S/c1-23(2,3)31-22(28)26-12-10-25(11-13-26)15-16-8-9-18-20(14-16)32-21(24-18)17-6-4-5-7-19(17)27(29)30/h4-9,14H,10-13,15H2,1-3H3. The zero-order chi connectivity index (χ0) is 22.9. The van der Waals surface area contributed by atoms with Gasteiger partial charge in [-0.25, -0.2) is 9.78 Å². The summed E-state index contributed by atoms with van der Waals surface area (Å²) < 4.78 is 6.46. The molecule has 0 N–H and O–H groups in total. The molecular weight excluding hydrogens is 428 g/mol. The van der Waals surface area contributed by atoms with E-state index in [1.165, 1.54) is 17.4 Å². The number of nitrogens with zero attached hydrogens (tertiary/aromatic N) is 4. The van der Waals surface area contributed by atoms with Gasteiger partial charge in [0.25, 0.3) is 5.69 Å². The van der Waals surface area contributed by atoms with Gasteiger partial charge in [-0.2, -0.15) is 0 Å². The highest BCUT2D eigenvalue weighted by atomic mass is 32.1. The van der Waals surface area contributed by atoms with Crippen LogP contribution in [-0.4, -0.2) is 57.6 Å². The molecule has 9 heteroatoms. The highest BCUT2D eigenvalue weighted by Gasteiger charge is 2.26. The second kappa shape index (κ2) is 8.84. The van der Waals surface area contributed by atoms with Crippen LogP contribution in [0.4, 0.5) is 10.5 Å². The van der Waals surface area contributed by atoms with Gasteiger partial charge in [-0.1, -0.05) is 18.2 Å². The van der Waals surface area contributed by atoms with Gasteiger partial charge in [-0.3, -0.25) is 15.0 Å². The van der Waals surface area contributed by atoms with Crippen LogP contribution >= 0.6 is 11.3 Å². The van der Waals surface area contributed by atoms with Crippen LogP contribution in [0.1, 0.15) is 26.3 Å². The topological polar surface area (TPSA) is 88.8 Å². The monoisotopic (exact) mass is 454 g/mol. The van der Waals surface area contributed by atoms with E-state index in [0.29, 0.717) is 23.7 Å². The Morgan fingerprint density at radius 3 is 2.56 bits per heavy atom. The molecule has 1 aromatic heterocycles. The maximum absolute atomic E-state index is 12.2. The molecule has 0 atom stereocenters. The molecule has 1 saturated heterocycles. The fourth-order valence-electron chi connectivity index (χ4n) is 3.67. The van der Waals surface area contributed by atoms with Gasteiger partial charge in [0.1, 0.15) is 10.6 Å². The van der Waals surface area contributed by atoms with E-state index < -0.39 is 5.60 Å². The van der Waals surface area contributed by atoms with E-state index in [0.717, 1.165) is 35.4 Å². The van der Waals surface area contributed by atoms with Crippen LogP contribution in [0.3, 0.4) is 0 Å². The molecule has 3 aromatic rings. The van der Waals surface area contributed by atoms with Crippen molar-refractivity contribution in [3.8, 4) is 10.6 Å². The molecule has 1 aliphatic heterocycles. The van der Waals surface area contributed by atoms with Crippen molar-refractivity contribution in [1.29, 1.82) is 0 Å². The van der Waals surface area contributed by atoms with Gasteiger partial charge in [0.05, 0.1) is 20.7 Å². The first-order valence-corrected chi connectivity index (χ1v) is 11.3. The van der Waals surface area contributed by atoms with Gasteiger partial charge < -0.3 is 9.64 Å². The van der Waals surface area contributed by atoms with E-state index in [9.17, 15) is 14.9 Å². The molecule has 0 aliphatic carbocycles. The zero-order valence-electron chi connectivity index (χ0n) is 18.4. The summed E-state index contributed by atoms with van der Waals surface area (Å²) >= 11 is 1.46. The lowest BCUT2D eigenvalue weighted by Crippen LogP contribution is -2.49. The minimum absolute atomic E-state index is 0.0645.